The molecule has 0 N–H and O–H groups in total. The molecule has 0 radical (unpaired) electrons. The zero-order valence-electron chi connectivity index (χ0n) is 13.8. The van der Waals surface area contributed by atoms with E-state index in [1.165, 1.54) is 25.1 Å². The van der Waals surface area contributed by atoms with Crippen molar-refractivity contribution in [3.05, 3.63) is 82.9 Å². The third-order valence-corrected chi connectivity index (χ3v) is 4.33. The molecule has 0 unspecified atom stereocenters. The summed E-state index contributed by atoms with van der Waals surface area (Å²) in [5, 5.41) is 0. The zero-order valence-corrected chi connectivity index (χ0v) is 13.8. The van der Waals surface area contributed by atoms with Crippen molar-refractivity contribution in [1.29, 1.82) is 0 Å². The van der Waals surface area contributed by atoms with Crippen LogP contribution in [0.3, 0.4) is 0 Å². The van der Waals surface area contributed by atoms with Crippen molar-refractivity contribution in [3.63, 3.8) is 0 Å². The van der Waals surface area contributed by atoms with Gasteiger partial charge in [-0.15, -0.1) is 0 Å². The normalized spacial score (nSPS) is 11.0. The third-order valence-electron chi connectivity index (χ3n) is 4.33. The Kier molecular flexibility index (Phi) is 4.62. The standard InChI is InChI=1S/C21H16F4/c1-3-13-9-11-17(21(25)19(13)23)15-7-5-14(6-8-15)16-10-4-12(2)18(22)20(16)24/h4-11H,3H2,1-2H3. The highest BCUT2D eigenvalue weighted by Gasteiger charge is 2.15. The largest absolute Gasteiger partial charge is 0.203 e. The van der Waals surface area contributed by atoms with Gasteiger partial charge in [0.15, 0.2) is 23.3 Å². The van der Waals surface area contributed by atoms with E-state index in [-0.39, 0.29) is 16.7 Å². The van der Waals surface area contributed by atoms with Crippen molar-refractivity contribution in [3.8, 4) is 22.3 Å². The van der Waals surface area contributed by atoms with Crippen molar-refractivity contribution >= 4 is 0 Å². The number of hydrogen-bond acceptors (Lipinski definition) is 0. The van der Waals surface area contributed by atoms with Gasteiger partial charge in [0.25, 0.3) is 0 Å². The van der Waals surface area contributed by atoms with E-state index >= 15 is 0 Å². The summed E-state index contributed by atoms with van der Waals surface area (Å²) >= 11 is 0. The third kappa shape index (κ3) is 3.04. The average Bonchev–Trinajstić information content (AvgIpc) is 2.62. The molecular formula is C21H16F4. The van der Waals surface area contributed by atoms with Crippen LogP contribution < -0.4 is 0 Å². The Morgan fingerprint density at radius 2 is 1.08 bits per heavy atom. The molecule has 4 heteroatoms. The highest BCUT2D eigenvalue weighted by Crippen LogP contribution is 2.31. The summed E-state index contributed by atoms with van der Waals surface area (Å²) in [5.41, 5.74) is 1.74. The molecule has 25 heavy (non-hydrogen) atoms. The van der Waals surface area contributed by atoms with Gasteiger partial charge in [-0.25, -0.2) is 17.6 Å². The van der Waals surface area contributed by atoms with Crippen molar-refractivity contribution < 1.29 is 17.6 Å². The van der Waals surface area contributed by atoms with Crippen molar-refractivity contribution in [2.24, 2.45) is 0 Å². The summed E-state index contributed by atoms with van der Waals surface area (Å²) in [4.78, 5) is 0. The Labute approximate surface area is 143 Å². The van der Waals surface area contributed by atoms with Crippen LogP contribution in [0.25, 0.3) is 22.3 Å². The molecule has 3 rings (SSSR count). The van der Waals surface area contributed by atoms with Gasteiger partial charge in [0.1, 0.15) is 0 Å². The fraction of sp³-hybridized carbons (Fsp3) is 0.143. The lowest BCUT2D eigenvalue weighted by Gasteiger charge is -2.10. The molecule has 0 nitrogen and oxygen atoms in total. The highest BCUT2D eigenvalue weighted by atomic mass is 19.2. The maximum Gasteiger partial charge on any atom is 0.166 e. The summed E-state index contributed by atoms with van der Waals surface area (Å²) in [7, 11) is 0. The van der Waals surface area contributed by atoms with Gasteiger partial charge in [-0.2, -0.15) is 0 Å². The topological polar surface area (TPSA) is 0 Å². The van der Waals surface area contributed by atoms with Crippen molar-refractivity contribution in [2.45, 2.75) is 20.3 Å². The molecule has 0 aliphatic heterocycles. The predicted octanol–water partition coefficient (Wildman–Crippen LogP) is 6.45. The van der Waals surface area contributed by atoms with Crippen molar-refractivity contribution in [2.75, 3.05) is 0 Å². The first-order chi connectivity index (χ1) is 11.9. The van der Waals surface area contributed by atoms with Crippen molar-refractivity contribution in [1.82, 2.24) is 0 Å². The molecule has 0 fully saturated rings. The predicted molar refractivity (Wildman–Crippen MR) is 91.3 cm³/mol. The van der Waals surface area contributed by atoms with E-state index in [4.69, 9.17) is 0 Å². The van der Waals surface area contributed by atoms with E-state index in [9.17, 15) is 17.6 Å². The van der Waals surface area contributed by atoms with Gasteiger partial charge in [-0.05, 0) is 35.6 Å². The Morgan fingerprint density at radius 1 is 0.600 bits per heavy atom. The van der Waals surface area contributed by atoms with Gasteiger partial charge in [0.05, 0.1) is 0 Å². The Balaban J connectivity index is 2.02. The first-order valence-corrected chi connectivity index (χ1v) is 7.96. The summed E-state index contributed by atoms with van der Waals surface area (Å²) < 4.78 is 56.0. The molecular weight excluding hydrogens is 328 g/mol. The second kappa shape index (κ2) is 6.71. The summed E-state index contributed by atoms with van der Waals surface area (Å²) in [5.74, 6) is -3.56. The van der Waals surface area contributed by atoms with E-state index in [2.05, 4.69) is 0 Å². The van der Waals surface area contributed by atoms with Gasteiger partial charge in [-0.1, -0.05) is 55.5 Å². The number of hydrogen-bond donors (Lipinski definition) is 0. The number of aryl methyl sites for hydroxylation is 2. The smallest absolute Gasteiger partial charge is 0.166 e. The lowest BCUT2D eigenvalue weighted by atomic mass is 9.97. The Morgan fingerprint density at radius 3 is 1.60 bits per heavy atom. The molecule has 0 aliphatic carbocycles. The molecule has 0 saturated heterocycles. The number of halogens is 4. The fourth-order valence-electron chi connectivity index (χ4n) is 2.78. The summed E-state index contributed by atoms with van der Waals surface area (Å²) in [6, 6.07) is 12.3. The van der Waals surface area contributed by atoms with E-state index in [0.717, 1.165) is 0 Å². The van der Waals surface area contributed by atoms with Gasteiger partial charge in [0.2, 0.25) is 0 Å². The summed E-state index contributed by atoms with van der Waals surface area (Å²) in [6.45, 7) is 3.24. The van der Waals surface area contributed by atoms with Crippen LogP contribution in [0, 0.1) is 30.2 Å². The number of rotatable bonds is 3. The molecule has 0 aliphatic rings. The van der Waals surface area contributed by atoms with Crippen LogP contribution in [-0.2, 0) is 6.42 Å². The maximum absolute atomic E-state index is 14.2. The van der Waals surface area contributed by atoms with E-state index in [1.807, 2.05) is 0 Å². The molecule has 0 saturated carbocycles. The molecule has 3 aromatic carbocycles. The van der Waals surface area contributed by atoms with E-state index in [1.54, 1.807) is 37.3 Å². The molecule has 3 aromatic rings. The molecule has 0 spiro atoms. The minimum Gasteiger partial charge on any atom is -0.203 e. The quantitative estimate of drug-likeness (QED) is 0.479. The van der Waals surface area contributed by atoms with Crippen LogP contribution in [0.4, 0.5) is 17.6 Å². The molecule has 0 aromatic heterocycles. The second-order valence-corrected chi connectivity index (χ2v) is 5.89. The minimum absolute atomic E-state index is 0.127. The molecule has 0 bridgehead atoms. The van der Waals surface area contributed by atoms with Gasteiger partial charge < -0.3 is 0 Å². The van der Waals surface area contributed by atoms with E-state index < -0.39 is 23.3 Å². The molecule has 0 amide bonds. The van der Waals surface area contributed by atoms with Crippen LogP contribution in [0.1, 0.15) is 18.1 Å². The minimum atomic E-state index is -0.919. The summed E-state index contributed by atoms with van der Waals surface area (Å²) in [6.07, 6.45) is 0.403. The van der Waals surface area contributed by atoms with Crippen LogP contribution >= 0.6 is 0 Å². The monoisotopic (exact) mass is 344 g/mol. The highest BCUT2D eigenvalue weighted by molar-refractivity contribution is 5.71. The molecule has 128 valence electrons. The lowest BCUT2D eigenvalue weighted by Crippen LogP contribution is -1.96. The van der Waals surface area contributed by atoms with Gasteiger partial charge in [-0.3, -0.25) is 0 Å². The van der Waals surface area contributed by atoms with Crippen LogP contribution in [0.15, 0.2) is 48.5 Å². The van der Waals surface area contributed by atoms with E-state index in [0.29, 0.717) is 23.1 Å². The zero-order chi connectivity index (χ0) is 18.1. The van der Waals surface area contributed by atoms with Crippen LogP contribution in [-0.4, -0.2) is 0 Å². The average molecular weight is 344 g/mol. The second-order valence-electron chi connectivity index (χ2n) is 5.89. The fourth-order valence-corrected chi connectivity index (χ4v) is 2.78. The first-order valence-electron chi connectivity index (χ1n) is 7.96. The molecule has 0 heterocycles. The Bertz CT molecular complexity index is 928. The first kappa shape index (κ1) is 17.2. The van der Waals surface area contributed by atoms with Crippen LogP contribution in [0.2, 0.25) is 0 Å². The number of benzene rings is 3. The lowest BCUT2D eigenvalue weighted by molar-refractivity contribution is 0.502. The van der Waals surface area contributed by atoms with Crippen LogP contribution in [0.5, 0.6) is 0 Å². The SMILES string of the molecule is CCc1ccc(-c2ccc(-c3ccc(C)c(F)c3F)cc2)c(F)c1F. The van der Waals surface area contributed by atoms with Gasteiger partial charge >= 0.3 is 0 Å². The Hall–Kier alpha value is -2.62. The maximum atomic E-state index is 14.2. The molecule has 0 atom stereocenters. The van der Waals surface area contributed by atoms with Gasteiger partial charge in [0, 0.05) is 11.1 Å².